The predicted octanol–water partition coefficient (Wildman–Crippen LogP) is 4.67. The van der Waals surface area contributed by atoms with E-state index in [2.05, 4.69) is 41.2 Å². The molecule has 0 spiro atoms. The van der Waals surface area contributed by atoms with Gasteiger partial charge in [-0.3, -0.25) is 9.59 Å². The highest BCUT2D eigenvalue weighted by Gasteiger charge is 2.22. The number of benzene rings is 2. The first kappa shape index (κ1) is 26.8. The maximum Gasteiger partial charge on any atom is 0.262 e. The number of nitrogens with zero attached hydrogens (tertiary/aromatic N) is 2. The minimum Gasteiger partial charge on any atom is -0.484 e. The number of carbonyl (C=O) groups excluding carboxylic acids is 2. The Morgan fingerprint density at radius 3 is 2.43 bits per heavy atom. The van der Waals surface area contributed by atoms with E-state index in [9.17, 15) is 9.59 Å². The monoisotopic (exact) mass is 500 g/mol. The zero-order valence-electron chi connectivity index (χ0n) is 21.0. The van der Waals surface area contributed by atoms with Crippen molar-refractivity contribution in [1.29, 1.82) is 0 Å². The third kappa shape index (κ3) is 8.15. The molecule has 3 rings (SSSR count). The second kappa shape index (κ2) is 13.4. The highest BCUT2D eigenvalue weighted by atomic mass is 35.5. The van der Waals surface area contributed by atoms with Gasteiger partial charge in [0.2, 0.25) is 0 Å². The van der Waals surface area contributed by atoms with Crippen molar-refractivity contribution in [2.75, 3.05) is 56.1 Å². The number of hydrogen-bond donors (Lipinski definition) is 2. The van der Waals surface area contributed by atoms with Crippen LogP contribution in [-0.2, 0) is 4.79 Å². The fourth-order valence-corrected chi connectivity index (χ4v) is 4.29. The Kier molecular flexibility index (Phi) is 10.2. The second-order valence-corrected chi connectivity index (χ2v) is 9.41. The number of amides is 2. The molecule has 2 N–H and O–H groups in total. The summed E-state index contributed by atoms with van der Waals surface area (Å²) in [6.07, 6.45) is 2.20. The lowest BCUT2D eigenvalue weighted by Crippen LogP contribution is -2.37. The van der Waals surface area contributed by atoms with Crippen LogP contribution >= 0.6 is 11.6 Å². The van der Waals surface area contributed by atoms with Crippen LogP contribution in [0.3, 0.4) is 0 Å². The number of nitrogens with one attached hydrogen (secondary N) is 2. The number of anilines is 2. The van der Waals surface area contributed by atoms with Crippen LogP contribution in [0.2, 0.25) is 5.02 Å². The molecule has 0 bridgehead atoms. The zero-order chi connectivity index (χ0) is 25.2. The van der Waals surface area contributed by atoms with Gasteiger partial charge >= 0.3 is 0 Å². The van der Waals surface area contributed by atoms with Gasteiger partial charge in [-0.1, -0.05) is 32.4 Å². The van der Waals surface area contributed by atoms with E-state index in [1.165, 1.54) is 0 Å². The van der Waals surface area contributed by atoms with E-state index in [1.807, 2.05) is 12.1 Å². The number of piperidine rings is 1. The van der Waals surface area contributed by atoms with Gasteiger partial charge in [0.25, 0.3) is 11.8 Å². The summed E-state index contributed by atoms with van der Waals surface area (Å²) in [6, 6.07) is 12.4. The van der Waals surface area contributed by atoms with Gasteiger partial charge in [0.15, 0.2) is 6.61 Å². The van der Waals surface area contributed by atoms with Gasteiger partial charge in [-0.2, -0.15) is 0 Å². The predicted molar refractivity (Wildman–Crippen MR) is 143 cm³/mol. The fraction of sp³-hybridized carbons (Fsp3) is 0.481. The molecule has 1 heterocycles. The largest absolute Gasteiger partial charge is 0.484 e. The smallest absolute Gasteiger partial charge is 0.262 e. The molecule has 0 saturated carbocycles. The standard InChI is InChI=1S/C27H37ClN4O3/c1-4-31(5-2)17-14-29-27(34)24-18-22(8-11-25(24)32-15-12-20(3)13-16-32)30-26(33)19-35-23-9-6-21(28)7-10-23/h6-11,18,20H,4-5,12-17,19H2,1-3H3,(H,29,34)(H,30,33). The van der Waals surface area contributed by atoms with Gasteiger partial charge in [-0.05, 0) is 74.3 Å². The van der Waals surface area contributed by atoms with Crippen molar-refractivity contribution >= 4 is 34.8 Å². The van der Waals surface area contributed by atoms with E-state index in [4.69, 9.17) is 16.3 Å². The lowest BCUT2D eigenvalue weighted by Gasteiger charge is -2.33. The van der Waals surface area contributed by atoms with Crippen molar-refractivity contribution in [2.45, 2.75) is 33.6 Å². The highest BCUT2D eigenvalue weighted by Crippen LogP contribution is 2.29. The Balaban J connectivity index is 1.69. The van der Waals surface area contributed by atoms with Crippen LogP contribution < -0.4 is 20.3 Å². The SMILES string of the molecule is CCN(CC)CCNC(=O)c1cc(NC(=O)COc2ccc(Cl)cc2)ccc1N1CCC(C)CC1. The first-order valence-electron chi connectivity index (χ1n) is 12.5. The molecule has 2 aromatic rings. The quantitative estimate of drug-likeness (QED) is 0.469. The molecule has 7 nitrogen and oxygen atoms in total. The number of halogens is 1. The van der Waals surface area contributed by atoms with Crippen LogP contribution in [0, 0.1) is 5.92 Å². The summed E-state index contributed by atoms with van der Waals surface area (Å²) in [7, 11) is 0. The van der Waals surface area contributed by atoms with Crippen LogP contribution in [0.1, 0.15) is 44.0 Å². The normalized spacial score (nSPS) is 14.1. The van der Waals surface area contributed by atoms with Crippen molar-refractivity contribution in [3.8, 4) is 5.75 Å². The lowest BCUT2D eigenvalue weighted by molar-refractivity contribution is -0.118. The minimum atomic E-state index is -0.299. The Hall–Kier alpha value is -2.77. The molecule has 0 radical (unpaired) electrons. The molecule has 1 fully saturated rings. The van der Waals surface area contributed by atoms with Crippen molar-refractivity contribution in [3.63, 3.8) is 0 Å². The molecule has 8 heteroatoms. The summed E-state index contributed by atoms with van der Waals surface area (Å²) in [5, 5.41) is 6.52. The molecule has 0 atom stereocenters. The van der Waals surface area contributed by atoms with Crippen molar-refractivity contribution in [2.24, 2.45) is 5.92 Å². The molecule has 0 aromatic heterocycles. The molecule has 2 amide bonds. The zero-order valence-corrected chi connectivity index (χ0v) is 21.7. The summed E-state index contributed by atoms with van der Waals surface area (Å²) in [6.45, 7) is 11.5. The Morgan fingerprint density at radius 2 is 1.77 bits per heavy atom. The molecule has 1 aliphatic rings. The summed E-state index contributed by atoms with van der Waals surface area (Å²) in [5.74, 6) is 0.830. The van der Waals surface area contributed by atoms with Crippen LogP contribution in [0.25, 0.3) is 0 Å². The molecular weight excluding hydrogens is 464 g/mol. The maximum atomic E-state index is 13.2. The molecule has 0 aliphatic carbocycles. The van der Waals surface area contributed by atoms with E-state index in [-0.39, 0.29) is 18.4 Å². The van der Waals surface area contributed by atoms with Gasteiger partial charge in [-0.25, -0.2) is 0 Å². The van der Waals surface area contributed by atoms with Gasteiger partial charge in [0.05, 0.1) is 5.56 Å². The average molecular weight is 501 g/mol. The van der Waals surface area contributed by atoms with Gasteiger partial charge in [0.1, 0.15) is 5.75 Å². The van der Waals surface area contributed by atoms with Gasteiger partial charge in [0, 0.05) is 42.6 Å². The minimum absolute atomic E-state index is 0.126. The lowest BCUT2D eigenvalue weighted by atomic mass is 9.97. The van der Waals surface area contributed by atoms with Crippen molar-refractivity contribution in [1.82, 2.24) is 10.2 Å². The summed E-state index contributed by atoms with van der Waals surface area (Å²) < 4.78 is 5.54. The molecule has 35 heavy (non-hydrogen) atoms. The average Bonchev–Trinajstić information content (AvgIpc) is 2.87. The Bertz CT molecular complexity index is 971. The fourth-order valence-electron chi connectivity index (χ4n) is 4.16. The maximum absolute atomic E-state index is 13.2. The molecular formula is C27H37ClN4O3. The number of ether oxygens (including phenoxy) is 1. The van der Waals surface area contributed by atoms with Crippen LogP contribution in [-0.4, -0.2) is 62.6 Å². The van der Waals surface area contributed by atoms with E-state index in [0.29, 0.717) is 34.5 Å². The number of rotatable bonds is 11. The number of hydrogen-bond acceptors (Lipinski definition) is 5. The molecule has 2 aromatic carbocycles. The molecule has 0 unspecified atom stereocenters. The van der Waals surface area contributed by atoms with E-state index < -0.39 is 0 Å². The Morgan fingerprint density at radius 1 is 1.09 bits per heavy atom. The third-order valence-electron chi connectivity index (χ3n) is 6.44. The van der Waals surface area contributed by atoms with Crippen molar-refractivity contribution in [3.05, 3.63) is 53.1 Å². The molecule has 190 valence electrons. The first-order valence-corrected chi connectivity index (χ1v) is 12.8. The summed E-state index contributed by atoms with van der Waals surface area (Å²) in [4.78, 5) is 30.2. The summed E-state index contributed by atoms with van der Waals surface area (Å²) in [5.41, 5.74) is 2.06. The second-order valence-electron chi connectivity index (χ2n) is 8.98. The van der Waals surface area contributed by atoms with E-state index >= 15 is 0 Å². The van der Waals surface area contributed by atoms with Crippen LogP contribution in [0.4, 0.5) is 11.4 Å². The number of likely N-dealkylation sites (N-methyl/N-ethyl adjacent to an activating group) is 1. The Labute approximate surface area is 213 Å². The molecule has 1 aliphatic heterocycles. The van der Waals surface area contributed by atoms with E-state index in [1.54, 1.807) is 30.3 Å². The van der Waals surface area contributed by atoms with Gasteiger partial charge in [-0.15, -0.1) is 0 Å². The van der Waals surface area contributed by atoms with Crippen molar-refractivity contribution < 1.29 is 14.3 Å². The topological polar surface area (TPSA) is 73.9 Å². The van der Waals surface area contributed by atoms with Gasteiger partial charge < -0.3 is 25.2 Å². The summed E-state index contributed by atoms with van der Waals surface area (Å²) >= 11 is 5.89. The van der Waals surface area contributed by atoms with E-state index in [0.717, 1.165) is 51.3 Å². The highest BCUT2D eigenvalue weighted by molar-refractivity contribution is 6.30. The van der Waals surface area contributed by atoms with Crippen LogP contribution in [0.5, 0.6) is 5.75 Å². The first-order chi connectivity index (χ1) is 16.9. The number of carbonyl (C=O) groups is 2. The molecule has 1 saturated heterocycles. The third-order valence-corrected chi connectivity index (χ3v) is 6.69. The van der Waals surface area contributed by atoms with Crippen LogP contribution in [0.15, 0.2) is 42.5 Å².